The van der Waals surface area contributed by atoms with Crippen LogP contribution in [0.3, 0.4) is 0 Å². The summed E-state index contributed by atoms with van der Waals surface area (Å²) < 4.78 is 23.4. The topological polar surface area (TPSA) is 108 Å². The van der Waals surface area contributed by atoms with E-state index in [9.17, 15) is 19.4 Å². The molecule has 454 valence electrons. The second kappa shape index (κ2) is 59.1. The van der Waals surface area contributed by atoms with Crippen LogP contribution < -0.4 is 10.2 Å². The van der Waals surface area contributed by atoms with E-state index in [0.717, 1.165) is 57.8 Å². The monoisotopic (exact) mass is 1100 g/mol. The van der Waals surface area contributed by atoms with Crippen molar-refractivity contribution in [2.24, 2.45) is 0 Å². The molecule has 0 bridgehead atoms. The largest absolute Gasteiger partial charge is 0.756 e. The zero-order valence-electron chi connectivity index (χ0n) is 51.9. The molecule has 2 N–H and O–H groups in total. The summed E-state index contributed by atoms with van der Waals surface area (Å²) in [5, 5.41) is 13.9. The van der Waals surface area contributed by atoms with Gasteiger partial charge in [-0.1, -0.05) is 313 Å². The van der Waals surface area contributed by atoms with Crippen LogP contribution in [0.5, 0.6) is 0 Å². The number of hydrogen-bond donors (Lipinski definition) is 2. The SMILES string of the molecule is CCCCCCC/C=C\C/C=C\C/C=C\CCCCCCCCCCC(=O)NC(COP(=O)([O-])OCC[N+](C)(C)C)C(O)/C=C/CCCCCCCCCCCCCCCCCCCCCCCCCCCCCCCC. The molecule has 0 spiro atoms. The number of nitrogens with zero attached hydrogens (tertiary/aromatic N) is 1. The van der Waals surface area contributed by atoms with Crippen molar-refractivity contribution in [1.29, 1.82) is 0 Å². The molecule has 9 heteroatoms. The molecule has 0 saturated heterocycles. The van der Waals surface area contributed by atoms with Gasteiger partial charge in [-0.2, -0.15) is 0 Å². The number of phosphoric acid groups is 1. The Bertz CT molecular complexity index is 1390. The number of aliphatic hydroxyl groups excluding tert-OH is 1. The van der Waals surface area contributed by atoms with E-state index in [-0.39, 0.29) is 19.1 Å². The Hall–Kier alpha value is -1.54. The van der Waals surface area contributed by atoms with Gasteiger partial charge in [-0.25, -0.2) is 0 Å². The number of allylic oxidation sites excluding steroid dienone is 7. The maximum absolute atomic E-state index is 13.0. The molecule has 0 aromatic carbocycles. The van der Waals surface area contributed by atoms with Gasteiger partial charge < -0.3 is 28.8 Å². The average molecular weight is 1100 g/mol. The molecular weight excluding hydrogens is 972 g/mol. The standard InChI is InChI=1S/C68H131N2O6P/c1-6-8-10-12-14-16-18-20-22-24-26-28-30-31-32-33-34-35-36-37-38-40-41-43-45-47-49-51-53-55-57-59-61-67(71)66(65-76-77(73,74)75-64-63-70(3,4)5)69-68(72)62-60-58-56-54-52-50-48-46-44-42-39-29-27-25-23-21-19-17-15-13-11-9-7-2/h19,21,25,27,39,42,59,61,66-67,71H,6-18,20,22-24,26,28-38,40-41,43-58,60,62-65H2,1-5H3,(H-,69,72,73,74)/b21-19-,27-25-,42-39-,61-59+. The van der Waals surface area contributed by atoms with Gasteiger partial charge in [0.25, 0.3) is 7.82 Å². The Kier molecular flexibility index (Phi) is 57.9. The van der Waals surface area contributed by atoms with Crippen LogP contribution >= 0.6 is 7.82 Å². The highest BCUT2D eigenvalue weighted by Crippen LogP contribution is 2.38. The number of amides is 1. The minimum atomic E-state index is -4.61. The first-order valence-corrected chi connectivity index (χ1v) is 35.0. The zero-order chi connectivity index (χ0) is 56.3. The minimum absolute atomic E-state index is 0.00318. The van der Waals surface area contributed by atoms with Gasteiger partial charge in [-0.15, -0.1) is 0 Å². The predicted octanol–water partition coefficient (Wildman–Crippen LogP) is 20.4. The van der Waals surface area contributed by atoms with Gasteiger partial charge in [-0.05, 0) is 57.8 Å². The minimum Gasteiger partial charge on any atom is -0.756 e. The van der Waals surface area contributed by atoms with Crippen molar-refractivity contribution < 1.29 is 32.9 Å². The first kappa shape index (κ1) is 75.5. The molecule has 8 nitrogen and oxygen atoms in total. The number of aliphatic hydroxyl groups is 1. The van der Waals surface area contributed by atoms with E-state index in [1.807, 2.05) is 27.2 Å². The Morgan fingerprint density at radius 2 is 0.753 bits per heavy atom. The molecule has 0 aromatic heterocycles. The van der Waals surface area contributed by atoms with Gasteiger partial charge in [0.15, 0.2) is 0 Å². The summed E-state index contributed by atoms with van der Waals surface area (Å²) in [7, 11) is 1.26. The van der Waals surface area contributed by atoms with Gasteiger partial charge in [0.05, 0.1) is 39.9 Å². The molecule has 3 unspecified atom stereocenters. The highest BCUT2D eigenvalue weighted by molar-refractivity contribution is 7.45. The third kappa shape index (κ3) is 61.9. The Morgan fingerprint density at radius 1 is 0.455 bits per heavy atom. The fourth-order valence-electron chi connectivity index (χ4n) is 10.0. The van der Waals surface area contributed by atoms with Crippen LogP contribution in [0.1, 0.15) is 328 Å². The normalized spacial score (nSPS) is 14.0. The van der Waals surface area contributed by atoms with Crippen molar-refractivity contribution in [3.8, 4) is 0 Å². The molecule has 0 fully saturated rings. The van der Waals surface area contributed by atoms with E-state index in [4.69, 9.17) is 9.05 Å². The van der Waals surface area contributed by atoms with Crippen LogP contribution in [-0.2, 0) is 18.4 Å². The maximum Gasteiger partial charge on any atom is 0.268 e. The molecule has 0 radical (unpaired) electrons. The van der Waals surface area contributed by atoms with E-state index in [0.29, 0.717) is 17.4 Å². The predicted molar refractivity (Wildman–Crippen MR) is 334 cm³/mol. The van der Waals surface area contributed by atoms with Crippen LogP contribution in [-0.4, -0.2) is 68.5 Å². The van der Waals surface area contributed by atoms with Gasteiger partial charge in [0, 0.05) is 6.42 Å². The number of quaternary nitrogens is 1. The number of carbonyl (C=O) groups excluding carboxylic acids is 1. The van der Waals surface area contributed by atoms with Gasteiger partial charge >= 0.3 is 0 Å². The van der Waals surface area contributed by atoms with Crippen LogP contribution in [0, 0.1) is 0 Å². The molecule has 1 amide bonds. The first-order valence-electron chi connectivity index (χ1n) is 33.5. The van der Waals surface area contributed by atoms with Crippen molar-refractivity contribution in [2.45, 2.75) is 341 Å². The van der Waals surface area contributed by atoms with Gasteiger partial charge in [0.1, 0.15) is 13.2 Å². The lowest BCUT2D eigenvalue weighted by Crippen LogP contribution is -2.45. The van der Waals surface area contributed by atoms with Crippen molar-refractivity contribution in [3.05, 3.63) is 48.6 Å². The fourth-order valence-corrected chi connectivity index (χ4v) is 10.8. The second-order valence-electron chi connectivity index (χ2n) is 24.2. The smallest absolute Gasteiger partial charge is 0.268 e. The number of likely N-dealkylation sites (N-methyl/N-ethyl adjacent to an activating group) is 1. The quantitative estimate of drug-likeness (QED) is 0.0272. The lowest BCUT2D eigenvalue weighted by molar-refractivity contribution is -0.870. The van der Waals surface area contributed by atoms with Crippen LogP contribution in [0.25, 0.3) is 0 Å². The van der Waals surface area contributed by atoms with Gasteiger partial charge in [0.2, 0.25) is 5.91 Å². The molecule has 0 aliphatic rings. The lowest BCUT2D eigenvalue weighted by Gasteiger charge is -2.29. The molecule has 3 atom stereocenters. The third-order valence-corrected chi connectivity index (χ3v) is 16.2. The van der Waals surface area contributed by atoms with Crippen LogP contribution in [0.15, 0.2) is 48.6 Å². The number of unbranched alkanes of at least 4 members (excludes halogenated alkanes) is 43. The highest BCUT2D eigenvalue weighted by Gasteiger charge is 2.23. The van der Waals surface area contributed by atoms with Crippen LogP contribution in [0.2, 0.25) is 0 Å². The summed E-state index contributed by atoms with van der Waals surface area (Å²) in [4.78, 5) is 25.6. The number of nitrogens with one attached hydrogen (secondary N) is 1. The summed E-state index contributed by atoms with van der Waals surface area (Å²) >= 11 is 0. The average Bonchev–Trinajstić information content (AvgIpc) is 3.39. The van der Waals surface area contributed by atoms with E-state index in [1.165, 1.54) is 250 Å². The third-order valence-electron chi connectivity index (χ3n) is 15.3. The molecule has 0 aliphatic carbocycles. The number of carbonyl (C=O) groups is 1. The van der Waals surface area contributed by atoms with E-state index in [2.05, 4.69) is 55.6 Å². The number of rotatable bonds is 62. The summed E-state index contributed by atoms with van der Waals surface area (Å²) in [6, 6.07) is -0.894. The number of phosphoric ester groups is 1. The highest BCUT2D eigenvalue weighted by atomic mass is 31.2. The molecule has 0 saturated carbocycles. The Morgan fingerprint density at radius 3 is 1.09 bits per heavy atom. The van der Waals surface area contributed by atoms with Crippen molar-refractivity contribution >= 4 is 13.7 Å². The molecule has 0 aromatic rings. The van der Waals surface area contributed by atoms with Crippen molar-refractivity contribution in [1.82, 2.24) is 5.32 Å². The first-order chi connectivity index (χ1) is 37.5. The molecule has 77 heavy (non-hydrogen) atoms. The summed E-state index contributed by atoms with van der Waals surface area (Å²) in [6.45, 7) is 4.67. The van der Waals surface area contributed by atoms with Gasteiger partial charge in [-0.3, -0.25) is 9.36 Å². The van der Waals surface area contributed by atoms with E-state index >= 15 is 0 Å². The lowest BCUT2D eigenvalue weighted by atomic mass is 10.0. The molecule has 0 heterocycles. The summed E-state index contributed by atoms with van der Waals surface area (Å²) in [5.41, 5.74) is 0. The summed E-state index contributed by atoms with van der Waals surface area (Å²) in [6.07, 6.45) is 79.3. The van der Waals surface area contributed by atoms with E-state index < -0.39 is 20.0 Å². The van der Waals surface area contributed by atoms with Crippen molar-refractivity contribution in [3.63, 3.8) is 0 Å². The molecule has 0 aliphatic heterocycles. The van der Waals surface area contributed by atoms with Crippen molar-refractivity contribution in [2.75, 3.05) is 40.9 Å². The van der Waals surface area contributed by atoms with Crippen LogP contribution in [0.4, 0.5) is 0 Å². The Labute approximate surface area is 479 Å². The summed E-state index contributed by atoms with van der Waals surface area (Å²) in [5.74, 6) is -0.201. The zero-order valence-corrected chi connectivity index (χ0v) is 52.8. The molecular formula is C68H131N2O6P. The maximum atomic E-state index is 13.0. The number of hydrogen-bond acceptors (Lipinski definition) is 6. The Balaban J connectivity index is 4.09. The molecule has 0 rings (SSSR count). The second-order valence-corrected chi connectivity index (χ2v) is 25.6. The van der Waals surface area contributed by atoms with E-state index in [1.54, 1.807) is 6.08 Å². The fraction of sp³-hybridized carbons (Fsp3) is 0.868.